The molecule has 1 unspecified atom stereocenters. The maximum absolute atomic E-state index is 12.9. The van der Waals surface area contributed by atoms with Crippen molar-refractivity contribution in [2.45, 2.75) is 33.2 Å². The second-order valence-electron chi connectivity index (χ2n) is 4.81. The summed E-state index contributed by atoms with van der Waals surface area (Å²) in [5.74, 6) is -0.175. The molecule has 0 bridgehead atoms. The van der Waals surface area contributed by atoms with E-state index in [9.17, 15) is 4.39 Å². The lowest BCUT2D eigenvalue weighted by atomic mass is 9.99. The molecule has 19 heavy (non-hydrogen) atoms. The van der Waals surface area contributed by atoms with Crippen LogP contribution in [-0.4, -0.2) is 6.54 Å². The van der Waals surface area contributed by atoms with E-state index in [0.717, 1.165) is 18.5 Å². The molecule has 1 atom stereocenters. The van der Waals surface area contributed by atoms with Crippen molar-refractivity contribution in [3.8, 4) is 0 Å². The molecule has 2 aromatic rings. The van der Waals surface area contributed by atoms with E-state index in [0.29, 0.717) is 6.04 Å². The van der Waals surface area contributed by atoms with Gasteiger partial charge in [-0.2, -0.15) is 0 Å². The van der Waals surface area contributed by atoms with Crippen molar-refractivity contribution in [3.05, 3.63) is 57.0 Å². The van der Waals surface area contributed by atoms with Gasteiger partial charge in [0.1, 0.15) is 5.82 Å². The number of thiophene rings is 1. The molecule has 1 aromatic carbocycles. The highest BCUT2D eigenvalue weighted by atomic mass is 32.1. The van der Waals surface area contributed by atoms with E-state index in [-0.39, 0.29) is 5.82 Å². The number of halogens is 1. The lowest BCUT2D eigenvalue weighted by Gasteiger charge is -2.18. The number of likely N-dealkylation sites (N-methyl/N-ethyl adjacent to an activating group) is 1. The van der Waals surface area contributed by atoms with E-state index in [1.54, 1.807) is 0 Å². The Morgan fingerprint density at radius 1 is 1.21 bits per heavy atom. The van der Waals surface area contributed by atoms with Crippen molar-refractivity contribution in [2.24, 2.45) is 0 Å². The molecule has 1 N–H and O–H groups in total. The van der Waals surface area contributed by atoms with Gasteiger partial charge < -0.3 is 5.32 Å². The molecule has 1 nitrogen and oxygen atoms in total. The molecule has 102 valence electrons. The summed E-state index contributed by atoms with van der Waals surface area (Å²) in [5.41, 5.74) is 2.53. The zero-order valence-corrected chi connectivity index (χ0v) is 12.5. The molecule has 1 aromatic heterocycles. The number of rotatable bonds is 5. The van der Waals surface area contributed by atoms with Crippen molar-refractivity contribution in [1.82, 2.24) is 5.32 Å². The van der Waals surface area contributed by atoms with Crippen molar-refractivity contribution in [2.75, 3.05) is 6.54 Å². The van der Waals surface area contributed by atoms with Crippen molar-refractivity contribution in [3.63, 3.8) is 0 Å². The van der Waals surface area contributed by atoms with Crippen molar-refractivity contribution >= 4 is 11.3 Å². The zero-order valence-electron chi connectivity index (χ0n) is 11.7. The summed E-state index contributed by atoms with van der Waals surface area (Å²) < 4.78 is 12.9. The molecule has 0 amide bonds. The summed E-state index contributed by atoms with van der Waals surface area (Å²) >= 11 is 1.84. The molecule has 0 saturated heterocycles. The normalized spacial score (nSPS) is 12.6. The first-order valence-electron chi connectivity index (χ1n) is 6.65. The number of benzene rings is 1. The average molecular weight is 277 g/mol. The first-order chi connectivity index (χ1) is 9.10. The molecule has 2 rings (SSSR count). The Hall–Kier alpha value is -1.19. The van der Waals surface area contributed by atoms with Gasteiger partial charge in [0.2, 0.25) is 0 Å². The third kappa shape index (κ3) is 3.64. The number of aryl methyl sites for hydroxylation is 2. The number of hydrogen-bond acceptors (Lipinski definition) is 2. The fourth-order valence-electron chi connectivity index (χ4n) is 2.39. The van der Waals surface area contributed by atoms with Crippen LogP contribution in [0.15, 0.2) is 30.3 Å². The first-order valence-corrected chi connectivity index (χ1v) is 7.46. The predicted octanol–water partition coefficient (Wildman–Crippen LogP) is 4.40. The van der Waals surface area contributed by atoms with E-state index in [4.69, 9.17) is 0 Å². The molecule has 0 fully saturated rings. The summed E-state index contributed by atoms with van der Waals surface area (Å²) in [4.78, 5) is 2.71. The Morgan fingerprint density at radius 2 is 1.89 bits per heavy atom. The second-order valence-corrected chi connectivity index (χ2v) is 6.27. The molecule has 0 aliphatic carbocycles. The van der Waals surface area contributed by atoms with Crippen LogP contribution >= 0.6 is 11.3 Å². The Morgan fingerprint density at radius 3 is 2.42 bits per heavy atom. The van der Waals surface area contributed by atoms with E-state index in [1.165, 1.54) is 27.5 Å². The van der Waals surface area contributed by atoms with Crippen LogP contribution in [0.5, 0.6) is 0 Å². The summed E-state index contributed by atoms with van der Waals surface area (Å²) in [6, 6.07) is 9.37. The van der Waals surface area contributed by atoms with Crippen LogP contribution in [0.3, 0.4) is 0 Å². The Bertz CT molecular complexity index is 530. The van der Waals surface area contributed by atoms with Crippen LogP contribution in [0.25, 0.3) is 0 Å². The van der Waals surface area contributed by atoms with Gasteiger partial charge >= 0.3 is 0 Å². The molecule has 1 heterocycles. The number of nitrogens with one attached hydrogen (secondary N) is 1. The highest BCUT2D eigenvalue weighted by Gasteiger charge is 2.15. The van der Waals surface area contributed by atoms with E-state index in [2.05, 4.69) is 32.2 Å². The van der Waals surface area contributed by atoms with Gasteiger partial charge in [0, 0.05) is 15.8 Å². The Labute approximate surface area is 118 Å². The van der Waals surface area contributed by atoms with Crippen molar-refractivity contribution < 1.29 is 4.39 Å². The topological polar surface area (TPSA) is 12.0 Å². The Kier molecular flexibility index (Phi) is 4.72. The minimum atomic E-state index is -0.175. The molecule has 0 aliphatic rings. The smallest absolute Gasteiger partial charge is 0.123 e. The van der Waals surface area contributed by atoms with E-state index < -0.39 is 0 Å². The van der Waals surface area contributed by atoms with Gasteiger partial charge in [-0.15, -0.1) is 11.3 Å². The minimum Gasteiger partial charge on any atom is -0.310 e. The van der Waals surface area contributed by atoms with Gasteiger partial charge in [-0.25, -0.2) is 4.39 Å². The standard InChI is InChI=1S/C16H20FNS/c1-4-18-16(15-9-11(2)19-12(15)3)10-13-5-7-14(17)8-6-13/h5-9,16,18H,4,10H2,1-3H3. The van der Waals surface area contributed by atoms with Crippen LogP contribution in [0.1, 0.15) is 33.8 Å². The minimum absolute atomic E-state index is 0.175. The van der Waals surface area contributed by atoms with E-state index >= 15 is 0 Å². The number of hydrogen-bond donors (Lipinski definition) is 1. The molecule has 0 radical (unpaired) electrons. The maximum Gasteiger partial charge on any atom is 0.123 e. The summed E-state index contributed by atoms with van der Waals surface area (Å²) in [6.45, 7) is 7.36. The fourth-order valence-corrected chi connectivity index (χ4v) is 3.38. The largest absolute Gasteiger partial charge is 0.310 e. The van der Waals surface area contributed by atoms with Gasteiger partial charge in [0.25, 0.3) is 0 Å². The molecular formula is C16H20FNS. The highest BCUT2D eigenvalue weighted by molar-refractivity contribution is 7.12. The van der Waals surface area contributed by atoms with Crippen LogP contribution in [0.4, 0.5) is 4.39 Å². The van der Waals surface area contributed by atoms with Gasteiger partial charge in [-0.05, 0) is 56.1 Å². The van der Waals surface area contributed by atoms with Crippen molar-refractivity contribution in [1.29, 1.82) is 0 Å². The van der Waals surface area contributed by atoms with Crippen LogP contribution < -0.4 is 5.32 Å². The van der Waals surface area contributed by atoms with Gasteiger partial charge in [0.15, 0.2) is 0 Å². The maximum atomic E-state index is 12.9. The lowest BCUT2D eigenvalue weighted by molar-refractivity contribution is 0.548. The fraction of sp³-hybridized carbons (Fsp3) is 0.375. The molecule has 0 saturated carbocycles. The molecule has 3 heteroatoms. The van der Waals surface area contributed by atoms with Crippen LogP contribution in [0.2, 0.25) is 0 Å². The SMILES string of the molecule is CCNC(Cc1ccc(F)cc1)c1cc(C)sc1C. The first kappa shape index (κ1) is 14.2. The van der Waals surface area contributed by atoms with Crippen LogP contribution in [-0.2, 0) is 6.42 Å². The molecular weight excluding hydrogens is 257 g/mol. The van der Waals surface area contributed by atoms with Gasteiger partial charge in [-0.1, -0.05) is 19.1 Å². The Balaban J connectivity index is 2.20. The van der Waals surface area contributed by atoms with Gasteiger partial charge in [0.05, 0.1) is 0 Å². The van der Waals surface area contributed by atoms with Gasteiger partial charge in [-0.3, -0.25) is 0 Å². The van der Waals surface area contributed by atoms with Crippen LogP contribution in [0, 0.1) is 19.7 Å². The monoisotopic (exact) mass is 277 g/mol. The predicted molar refractivity (Wildman–Crippen MR) is 80.3 cm³/mol. The lowest BCUT2D eigenvalue weighted by Crippen LogP contribution is -2.23. The third-order valence-electron chi connectivity index (χ3n) is 3.26. The quantitative estimate of drug-likeness (QED) is 0.854. The van der Waals surface area contributed by atoms with E-state index in [1.807, 2.05) is 23.5 Å². The highest BCUT2D eigenvalue weighted by Crippen LogP contribution is 2.28. The zero-order chi connectivity index (χ0) is 13.8. The summed E-state index contributed by atoms with van der Waals surface area (Å²) in [5, 5.41) is 3.53. The third-order valence-corrected chi connectivity index (χ3v) is 4.24. The summed E-state index contributed by atoms with van der Waals surface area (Å²) in [6.07, 6.45) is 0.894. The molecule has 0 spiro atoms. The second kappa shape index (κ2) is 6.31. The average Bonchev–Trinajstić information content (AvgIpc) is 2.71. The molecule has 0 aliphatic heterocycles. The summed E-state index contributed by atoms with van der Waals surface area (Å²) in [7, 11) is 0.